The minimum absolute atomic E-state index is 0.141. The monoisotopic (exact) mass is 394 g/mol. The average Bonchev–Trinajstić information content (AvgIpc) is 3.32. The Balaban J connectivity index is 1.81. The Morgan fingerprint density at radius 1 is 1.30 bits per heavy atom. The van der Waals surface area contributed by atoms with E-state index in [9.17, 15) is 18.0 Å². The Morgan fingerprint density at radius 2 is 2.07 bits per heavy atom. The van der Waals surface area contributed by atoms with Gasteiger partial charge in [0.15, 0.2) is 0 Å². The Morgan fingerprint density at radius 3 is 2.74 bits per heavy atom. The van der Waals surface area contributed by atoms with E-state index in [4.69, 9.17) is 14.3 Å². The van der Waals surface area contributed by atoms with Crippen molar-refractivity contribution >= 4 is 27.6 Å². The zero-order chi connectivity index (χ0) is 19.6. The Hall–Kier alpha value is -2.85. The molecular formula is C17H18N2O7S. The number of benzene rings is 1. The van der Waals surface area contributed by atoms with Gasteiger partial charge >= 0.3 is 5.97 Å². The zero-order valence-corrected chi connectivity index (χ0v) is 15.2. The van der Waals surface area contributed by atoms with Crippen molar-refractivity contribution in [2.24, 2.45) is 0 Å². The van der Waals surface area contributed by atoms with Gasteiger partial charge in [-0.2, -0.15) is 4.31 Å². The van der Waals surface area contributed by atoms with Crippen molar-refractivity contribution in [3.63, 3.8) is 0 Å². The van der Waals surface area contributed by atoms with Gasteiger partial charge in [-0.15, -0.1) is 0 Å². The summed E-state index contributed by atoms with van der Waals surface area (Å²) in [6.45, 7) is 0.141. The number of aromatic carboxylic acids is 1. The molecule has 1 aromatic carbocycles. The van der Waals surface area contributed by atoms with Crippen molar-refractivity contribution in [2.75, 3.05) is 19.0 Å². The first-order valence-electron chi connectivity index (χ1n) is 8.13. The highest BCUT2D eigenvalue weighted by Crippen LogP contribution is 2.28. The van der Waals surface area contributed by atoms with E-state index in [2.05, 4.69) is 5.32 Å². The van der Waals surface area contributed by atoms with Crippen LogP contribution in [0.5, 0.6) is 5.75 Å². The first-order chi connectivity index (χ1) is 12.8. The lowest BCUT2D eigenvalue weighted by molar-refractivity contribution is -0.119. The molecule has 1 aromatic heterocycles. The van der Waals surface area contributed by atoms with Gasteiger partial charge in [0.25, 0.3) is 10.0 Å². The smallest absolute Gasteiger partial charge is 0.371 e. The lowest BCUT2D eigenvalue weighted by Gasteiger charge is -2.22. The number of methoxy groups -OCH3 is 1. The molecule has 9 nitrogen and oxygen atoms in total. The first-order valence-corrected chi connectivity index (χ1v) is 9.57. The van der Waals surface area contributed by atoms with Crippen LogP contribution in [-0.4, -0.2) is 49.4 Å². The highest BCUT2D eigenvalue weighted by Gasteiger charge is 2.41. The van der Waals surface area contributed by atoms with Crippen molar-refractivity contribution < 1.29 is 32.3 Å². The largest absolute Gasteiger partial charge is 0.497 e. The number of ether oxygens (including phenoxy) is 1. The summed E-state index contributed by atoms with van der Waals surface area (Å²) in [5.74, 6) is -1.77. The predicted molar refractivity (Wildman–Crippen MR) is 94.2 cm³/mol. The van der Waals surface area contributed by atoms with Gasteiger partial charge in [0.1, 0.15) is 11.8 Å². The second kappa shape index (κ2) is 7.41. The highest BCUT2D eigenvalue weighted by molar-refractivity contribution is 7.89. The highest BCUT2D eigenvalue weighted by atomic mass is 32.2. The summed E-state index contributed by atoms with van der Waals surface area (Å²) in [6.07, 6.45) is 0.851. The zero-order valence-electron chi connectivity index (χ0n) is 14.4. The number of carbonyl (C=O) groups excluding carboxylic acids is 1. The second-order valence-electron chi connectivity index (χ2n) is 5.92. The summed E-state index contributed by atoms with van der Waals surface area (Å²) in [5, 5.41) is 11.1. The topological polar surface area (TPSA) is 126 Å². The van der Waals surface area contributed by atoms with Gasteiger partial charge in [0.05, 0.1) is 7.11 Å². The molecule has 2 heterocycles. The lowest BCUT2D eigenvalue weighted by Crippen LogP contribution is -2.43. The van der Waals surface area contributed by atoms with Gasteiger partial charge in [-0.1, -0.05) is 6.07 Å². The van der Waals surface area contributed by atoms with Crippen LogP contribution in [-0.2, 0) is 14.8 Å². The molecule has 27 heavy (non-hydrogen) atoms. The maximum atomic E-state index is 12.8. The molecule has 0 aliphatic carbocycles. The number of carbonyl (C=O) groups is 2. The number of nitrogens with one attached hydrogen (secondary N) is 1. The van der Waals surface area contributed by atoms with E-state index in [1.807, 2.05) is 0 Å². The van der Waals surface area contributed by atoms with Crippen LogP contribution in [0.3, 0.4) is 0 Å². The normalized spacial score (nSPS) is 17.6. The Labute approximate surface area is 155 Å². The summed E-state index contributed by atoms with van der Waals surface area (Å²) in [6, 6.07) is 7.94. The van der Waals surface area contributed by atoms with E-state index in [0.717, 1.165) is 16.4 Å². The molecule has 1 fully saturated rings. The molecule has 2 aromatic rings. The van der Waals surface area contributed by atoms with E-state index < -0.39 is 38.8 Å². The van der Waals surface area contributed by atoms with Crippen LogP contribution in [0.15, 0.2) is 45.9 Å². The molecule has 1 aliphatic rings. The third kappa shape index (κ3) is 3.81. The molecule has 3 rings (SSSR count). The van der Waals surface area contributed by atoms with Gasteiger partial charge in [-0.05, 0) is 37.1 Å². The minimum Gasteiger partial charge on any atom is -0.497 e. The summed E-state index contributed by atoms with van der Waals surface area (Å²) < 4.78 is 36.6. The summed E-state index contributed by atoms with van der Waals surface area (Å²) in [4.78, 5) is 23.5. The van der Waals surface area contributed by atoms with Crippen molar-refractivity contribution in [3.8, 4) is 5.75 Å². The maximum absolute atomic E-state index is 12.8. The van der Waals surface area contributed by atoms with Crippen LogP contribution in [0.25, 0.3) is 0 Å². The SMILES string of the molecule is COc1cccc(NC(=O)C2CCCN2S(=O)(=O)c2ccc(C(=O)O)o2)c1. The van der Waals surface area contributed by atoms with Crippen LogP contribution in [0.1, 0.15) is 23.4 Å². The third-order valence-corrected chi connectivity index (χ3v) is 5.98. The quantitative estimate of drug-likeness (QED) is 0.765. The van der Waals surface area contributed by atoms with E-state index >= 15 is 0 Å². The van der Waals surface area contributed by atoms with Crippen LogP contribution >= 0.6 is 0 Å². The molecule has 0 radical (unpaired) electrons. The number of amides is 1. The minimum atomic E-state index is -4.13. The molecular weight excluding hydrogens is 376 g/mol. The van der Waals surface area contributed by atoms with Crippen LogP contribution in [0.4, 0.5) is 5.69 Å². The molecule has 0 saturated carbocycles. The van der Waals surface area contributed by atoms with Crippen molar-refractivity contribution in [1.82, 2.24) is 4.31 Å². The Kier molecular flexibility index (Phi) is 5.19. The number of furan rings is 1. The first kappa shape index (κ1) is 18.9. The number of carboxylic acids is 1. The van der Waals surface area contributed by atoms with Gasteiger partial charge < -0.3 is 19.6 Å². The fraction of sp³-hybridized carbons (Fsp3) is 0.294. The van der Waals surface area contributed by atoms with Crippen molar-refractivity contribution in [2.45, 2.75) is 24.0 Å². The standard InChI is InChI=1S/C17H18N2O7S/c1-25-12-5-2-4-11(10-12)18-16(20)13-6-3-9-19(13)27(23,24)15-8-7-14(26-15)17(21)22/h2,4-5,7-8,10,13H,3,6,9H2,1H3,(H,18,20)(H,21,22). The fourth-order valence-electron chi connectivity index (χ4n) is 2.91. The van der Waals surface area contributed by atoms with E-state index in [-0.39, 0.29) is 6.54 Å². The van der Waals surface area contributed by atoms with E-state index in [1.54, 1.807) is 24.3 Å². The van der Waals surface area contributed by atoms with Crippen LogP contribution in [0, 0.1) is 0 Å². The molecule has 1 saturated heterocycles. The number of nitrogens with zero attached hydrogens (tertiary/aromatic N) is 1. The van der Waals surface area contributed by atoms with E-state index in [1.165, 1.54) is 7.11 Å². The van der Waals surface area contributed by atoms with Crippen LogP contribution in [0.2, 0.25) is 0 Å². The average molecular weight is 394 g/mol. The third-order valence-electron chi connectivity index (χ3n) is 4.20. The maximum Gasteiger partial charge on any atom is 0.371 e. The molecule has 1 aliphatic heterocycles. The molecule has 0 bridgehead atoms. The summed E-state index contributed by atoms with van der Waals surface area (Å²) >= 11 is 0. The number of sulfonamides is 1. The molecule has 144 valence electrons. The van der Waals surface area contributed by atoms with Gasteiger partial charge in [-0.3, -0.25) is 4.79 Å². The molecule has 1 atom stereocenters. The van der Waals surface area contributed by atoms with Crippen LogP contribution < -0.4 is 10.1 Å². The van der Waals surface area contributed by atoms with E-state index in [0.29, 0.717) is 24.3 Å². The molecule has 1 amide bonds. The van der Waals surface area contributed by atoms with Crippen molar-refractivity contribution in [1.29, 1.82) is 0 Å². The molecule has 10 heteroatoms. The molecule has 0 spiro atoms. The number of anilines is 1. The number of hydrogen-bond acceptors (Lipinski definition) is 6. The molecule has 1 unspecified atom stereocenters. The molecule has 2 N–H and O–H groups in total. The lowest BCUT2D eigenvalue weighted by atomic mass is 10.2. The summed E-state index contributed by atoms with van der Waals surface area (Å²) in [5.41, 5.74) is 0.481. The van der Waals surface area contributed by atoms with Gasteiger partial charge in [-0.25, -0.2) is 13.2 Å². The fourth-order valence-corrected chi connectivity index (χ4v) is 4.48. The number of carboxylic acid groups (broad SMARTS) is 1. The summed E-state index contributed by atoms with van der Waals surface area (Å²) in [7, 11) is -2.63. The number of hydrogen-bond donors (Lipinski definition) is 2. The Bertz CT molecular complexity index is 967. The van der Waals surface area contributed by atoms with Gasteiger partial charge in [0.2, 0.25) is 16.8 Å². The number of rotatable bonds is 6. The second-order valence-corrected chi connectivity index (χ2v) is 7.74. The van der Waals surface area contributed by atoms with Crippen molar-refractivity contribution in [3.05, 3.63) is 42.2 Å². The van der Waals surface area contributed by atoms with Gasteiger partial charge in [0, 0.05) is 18.3 Å². The predicted octanol–water partition coefficient (Wildman–Crippen LogP) is 1.78.